The molecule has 0 atom stereocenters. The molecule has 0 aliphatic heterocycles. The largest absolute Gasteiger partial charge is 0.476 e. The van der Waals surface area contributed by atoms with Gasteiger partial charge in [-0.1, -0.05) is 0 Å². The number of hydrogen-bond donors (Lipinski definition) is 1. The molecule has 9 nitrogen and oxygen atoms in total. The topological polar surface area (TPSA) is 124 Å². The van der Waals surface area contributed by atoms with Gasteiger partial charge in [0.05, 0.1) is 10.6 Å². The summed E-state index contributed by atoms with van der Waals surface area (Å²) < 4.78 is 14.4. The number of carboxylic acid groups (broad SMARTS) is 1. The van der Waals surface area contributed by atoms with Crippen molar-refractivity contribution < 1.29 is 19.2 Å². The number of hydrogen-bond acceptors (Lipinski definition) is 6. The average molecular weight is 267 g/mol. The molecular weight excluding hydrogens is 261 g/mol. The highest BCUT2D eigenvalue weighted by molar-refractivity contribution is 5.89. The predicted molar refractivity (Wildman–Crippen MR) is 57.5 cm³/mol. The summed E-state index contributed by atoms with van der Waals surface area (Å²) in [6.07, 6.45) is 1.83. The lowest BCUT2D eigenvalue weighted by Gasteiger charge is -2.01. The number of aromatic carboxylic acids is 1. The van der Waals surface area contributed by atoms with E-state index in [1.807, 2.05) is 0 Å². The van der Waals surface area contributed by atoms with Gasteiger partial charge < -0.3 is 5.11 Å². The van der Waals surface area contributed by atoms with Gasteiger partial charge in [0, 0.05) is 0 Å². The van der Waals surface area contributed by atoms with Gasteiger partial charge >= 0.3 is 11.7 Å². The molecule has 19 heavy (non-hydrogen) atoms. The molecule has 2 aromatic rings. The Morgan fingerprint density at radius 3 is 2.74 bits per heavy atom. The Hall–Kier alpha value is -2.91. The summed E-state index contributed by atoms with van der Waals surface area (Å²) in [6, 6.07) is 0. The molecule has 0 bridgehead atoms. The van der Waals surface area contributed by atoms with E-state index in [0.717, 1.165) is 12.5 Å². The monoisotopic (exact) mass is 267 g/mol. The Kier molecular flexibility index (Phi) is 2.91. The number of aromatic nitrogens is 4. The van der Waals surface area contributed by atoms with Crippen molar-refractivity contribution in [1.29, 1.82) is 0 Å². The van der Waals surface area contributed by atoms with Crippen LogP contribution in [0, 0.1) is 22.9 Å². The van der Waals surface area contributed by atoms with Crippen LogP contribution in [0.4, 0.5) is 10.1 Å². The quantitative estimate of drug-likeness (QED) is 0.641. The van der Waals surface area contributed by atoms with Crippen molar-refractivity contribution in [1.82, 2.24) is 19.7 Å². The van der Waals surface area contributed by atoms with Crippen LogP contribution in [0.5, 0.6) is 0 Å². The van der Waals surface area contributed by atoms with E-state index in [2.05, 4.69) is 15.1 Å². The number of nitro groups is 1. The summed E-state index contributed by atoms with van der Waals surface area (Å²) in [4.78, 5) is 27.8. The fourth-order valence-electron chi connectivity index (χ4n) is 1.36. The molecule has 0 saturated carbocycles. The Balaban J connectivity index is 2.64. The van der Waals surface area contributed by atoms with E-state index in [1.165, 1.54) is 6.92 Å². The average Bonchev–Trinajstić information content (AvgIpc) is 2.77. The summed E-state index contributed by atoms with van der Waals surface area (Å²) in [5.74, 6) is -2.78. The highest BCUT2D eigenvalue weighted by Gasteiger charge is 2.27. The first kappa shape index (κ1) is 12.5. The molecule has 0 aliphatic rings. The number of halogens is 1. The van der Waals surface area contributed by atoms with E-state index < -0.39 is 28.1 Å². The predicted octanol–water partition coefficient (Wildman–Crippen LogP) is 0.716. The summed E-state index contributed by atoms with van der Waals surface area (Å²) in [6.45, 7) is 1.37. The zero-order valence-electron chi connectivity index (χ0n) is 9.44. The first-order valence-electron chi connectivity index (χ1n) is 4.86. The zero-order chi connectivity index (χ0) is 14.2. The molecule has 0 saturated heterocycles. The van der Waals surface area contributed by atoms with Crippen molar-refractivity contribution in [2.45, 2.75) is 6.92 Å². The summed E-state index contributed by atoms with van der Waals surface area (Å²) in [5, 5.41) is 22.9. The maximum atomic E-state index is 13.7. The molecule has 0 aromatic carbocycles. The standard InChI is InChI=1S/C9H6FN5O4/c1-4-6(10)8(12-3-11-4)14-2-5(15(18)19)7(13-14)9(16)17/h2-3H,1H3,(H,16,17). The minimum atomic E-state index is -1.59. The first-order chi connectivity index (χ1) is 8.91. The van der Waals surface area contributed by atoms with Crippen LogP contribution in [0.1, 0.15) is 16.2 Å². The first-order valence-corrected chi connectivity index (χ1v) is 4.86. The lowest BCUT2D eigenvalue weighted by molar-refractivity contribution is -0.385. The Labute approximate surface area is 104 Å². The Bertz CT molecular complexity index is 652. The van der Waals surface area contributed by atoms with Gasteiger partial charge in [0.2, 0.25) is 5.69 Å². The Morgan fingerprint density at radius 2 is 2.21 bits per heavy atom. The summed E-state index contributed by atoms with van der Waals surface area (Å²) in [5.41, 5.74) is -1.52. The van der Waals surface area contributed by atoms with Crippen LogP contribution < -0.4 is 0 Å². The molecule has 10 heteroatoms. The van der Waals surface area contributed by atoms with E-state index >= 15 is 0 Å². The molecule has 2 rings (SSSR count). The van der Waals surface area contributed by atoms with Crippen molar-refractivity contribution in [3.8, 4) is 5.82 Å². The van der Waals surface area contributed by atoms with Crippen LogP contribution >= 0.6 is 0 Å². The maximum Gasteiger partial charge on any atom is 0.363 e. The van der Waals surface area contributed by atoms with Gasteiger partial charge in [-0.25, -0.2) is 23.8 Å². The van der Waals surface area contributed by atoms with Crippen LogP contribution in [-0.2, 0) is 0 Å². The third-order valence-electron chi connectivity index (χ3n) is 2.26. The lowest BCUT2D eigenvalue weighted by atomic mass is 10.4. The van der Waals surface area contributed by atoms with Crippen LogP contribution in [0.3, 0.4) is 0 Å². The van der Waals surface area contributed by atoms with Gasteiger partial charge in [0.25, 0.3) is 0 Å². The van der Waals surface area contributed by atoms with Crippen molar-refractivity contribution in [2.75, 3.05) is 0 Å². The minimum Gasteiger partial charge on any atom is -0.476 e. The maximum absolute atomic E-state index is 13.7. The lowest BCUT2D eigenvalue weighted by Crippen LogP contribution is -2.06. The van der Waals surface area contributed by atoms with Gasteiger partial charge in [-0.05, 0) is 6.92 Å². The van der Waals surface area contributed by atoms with Gasteiger partial charge in [0.15, 0.2) is 11.6 Å². The number of carboxylic acids is 1. The van der Waals surface area contributed by atoms with Crippen molar-refractivity contribution in [3.63, 3.8) is 0 Å². The number of aryl methyl sites for hydroxylation is 1. The smallest absolute Gasteiger partial charge is 0.363 e. The highest BCUT2D eigenvalue weighted by atomic mass is 19.1. The fraction of sp³-hybridized carbons (Fsp3) is 0.111. The third kappa shape index (κ3) is 2.10. The normalized spacial score (nSPS) is 10.4. The van der Waals surface area contributed by atoms with Crippen LogP contribution in [0.2, 0.25) is 0 Å². The second kappa shape index (κ2) is 4.40. The molecule has 1 N–H and O–H groups in total. The second-order valence-corrected chi connectivity index (χ2v) is 3.47. The van der Waals surface area contributed by atoms with Crippen LogP contribution in [-0.4, -0.2) is 35.7 Å². The summed E-state index contributed by atoms with van der Waals surface area (Å²) in [7, 11) is 0. The molecule has 0 aliphatic carbocycles. The van der Waals surface area contributed by atoms with E-state index in [-0.39, 0.29) is 11.5 Å². The molecule has 2 heterocycles. The molecular formula is C9H6FN5O4. The van der Waals surface area contributed by atoms with E-state index in [1.54, 1.807) is 0 Å². The van der Waals surface area contributed by atoms with Crippen molar-refractivity contribution in [2.24, 2.45) is 0 Å². The van der Waals surface area contributed by atoms with Gasteiger partial charge in [-0.2, -0.15) is 5.10 Å². The third-order valence-corrected chi connectivity index (χ3v) is 2.26. The van der Waals surface area contributed by atoms with E-state index in [4.69, 9.17) is 5.11 Å². The number of carbonyl (C=O) groups is 1. The van der Waals surface area contributed by atoms with Crippen molar-refractivity contribution >= 4 is 11.7 Å². The van der Waals surface area contributed by atoms with Gasteiger partial charge in [-0.15, -0.1) is 0 Å². The second-order valence-electron chi connectivity index (χ2n) is 3.47. The molecule has 0 spiro atoms. The molecule has 0 fully saturated rings. The van der Waals surface area contributed by atoms with E-state index in [0.29, 0.717) is 4.68 Å². The molecule has 0 unspecified atom stereocenters. The highest BCUT2D eigenvalue weighted by Crippen LogP contribution is 2.20. The number of nitrogens with zero attached hydrogens (tertiary/aromatic N) is 5. The molecule has 98 valence electrons. The van der Waals surface area contributed by atoms with Gasteiger partial charge in [-0.3, -0.25) is 10.1 Å². The minimum absolute atomic E-state index is 0.0139. The zero-order valence-corrected chi connectivity index (χ0v) is 9.44. The fourth-order valence-corrected chi connectivity index (χ4v) is 1.36. The summed E-state index contributed by atoms with van der Waals surface area (Å²) >= 11 is 0. The molecule has 2 aromatic heterocycles. The SMILES string of the molecule is Cc1ncnc(-n2cc([N+](=O)[O-])c(C(=O)O)n2)c1F. The molecule has 0 radical (unpaired) electrons. The van der Waals surface area contributed by atoms with E-state index in [9.17, 15) is 19.3 Å². The van der Waals surface area contributed by atoms with Gasteiger partial charge in [0.1, 0.15) is 12.5 Å². The molecule has 0 amide bonds. The van der Waals surface area contributed by atoms with Crippen LogP contribution in [0.15, 0.2) is 12.5 Å². The Morgan fingerprint density at radius 1 is 1.53 bits per heavy atom. The number of rotatable bonds is 3. The van der Waals surface area contributed by atoms with Crippen molar-refractivity contribution in [3.05, 3.63) is 39.8 Å². The van der Waals surface area contributed by atoms with Crippen LogP contribution in [0.25, 0.3) is 5.82 Å².